The van der Waals surface area contributed by atoms with Gasteiger partial charge in [-0.25, -0.2) is 0 Å². The zero-order valence-electron chi connectivity index (χ0n) is 7.76. The fraction of sp³-hybridized carbons (Fsp3) is 1.00. The second-order valence-corrected chi connectivity index (χ2v) is 3.01. The van der Waals surface area contributed by atoms with Crippen molar-refractivity contribution in [3.63, 3.8) is 0 Å². The summed E-state index contributed by atoms with van der Waals surface area (Å²) in [5.74, 6) is 0. The lowest BCUT2D eigenvalue weighted by atomic mass is 10.3. The Morgan fingerprint density at radius 2 is 2.00 bits per heavy atom. The molecule has 3 heteroatoms. The summed E-state index contributed by atoms with van der Waals surface area (Å²) in [6, 6.07) is 0.394. The Hall–Kier alpha value is -0.120. The Labute approximate surface area is 69.3 Å². The molecule has 0 aromatic carbocycles. The van der Waals surface area contributed by atoms with Crippen LogP contribution in [0.2, 0.25) is 0 Å². The Bertz CT molecular complexity index is 86.2. The fourth-order valence-electron chi connectivity index (χ4n) is 0.683. The average Bonchev–Trinajstić information content (AvgIpc) is 1.97. The minimum atomic E-state index is 0.324. The molecule has 0 spiro atoms. The van der Waals surface area contributed by atoms with Gasteiger partial charge in [0.25, 0.3) is 0 Å². The standard InChI is InChI=1S/C8H20N2O/c1-7(2)11-5-4-10-8(3)6-9/h7-8,10H,4-6,9H2,1-3H3/t8-/m1/s1. The quantitative estimate of drug-likeness (QED) is 0.551. The van der Waals surface area contributed by atoms with Crippen molar-refractivity contribution in [2.45, 2.75) is 32.9 Å². The third-order valence-electron chi connectivity index (χ3n) is 1.40. The largest absolute Gasteiger partial charge is 0.377 e. The zero-order valence-corrected chi connectivity index (χ0v) is 7.76. The molecule has 3 N–H and O–H groups in total. The number of ether oxygens (including phenoxy) is 1. The molecule has 0 aliphatic carbocycles. The average molecular weight is 160 g/mol. The first-order valence-corrected chi connectivity index (χ1v) is 4.22. The van der Waals surface area contributed by atoms with E-state index < -0.39 is 0 Å². The highest BCUT2D eigenvalue weighted by Crippen LogP contribution is 1.85. The molecule has 0 saturated heterocycles. The molecule has 68 valence electrons. The lowest BCUT2D eigenvalue weighted by Crippen LogP contribution is -2.35. The van der Waals surface area contributed by atoms with E-state index in [1.165, 1.54) is 0 Å². The number of nitrogens with one attached hydrogen (secondary N) is 1. The minimum absolute atomic E-state index is 0.324. The molecule has 0 aliphatic rings. The summed E-state index contributed by atoms with van der Waals surface area (Å²) >= 11 is 0. The normalized spacial score (nSPS) is 13.9. The third kappa shape index (κ3) is 7.78. The van der Waals surface area contributed by atoms with Crippen LogP contribution in [0.5, 0.6) is 0 Å². The van der Waals surface area contributed by atoms with Crippen molar-refractivity contribution in [3.05, 3.63) is 0 Å². The zero-order chi connectivity index (χ0) is 8.69. The molecule has 0 aromatic rings. The van der Waals surface area contributed by atoms with Gasteiger partial charge < -0.3 is 15.8 Å². The van der Waals surface area contributed by atoms with Gasteiger partial charge in [0.1, 0.15) is 0 Å². The monoisotopic (exact) mass is 160 g/mol. The predicted molar refractivity (Wildman–Crippen MR) is 47.6 cm³/mol. The van der Waals surface area contributed by atoms with Gasteiger partial charge in [-0.1, -0.05) is 0 Å². The van der Waals surface area contributed by atoms with E-state index in [4.69, 9.17) is 10.5 Å². The summed E-state index contributed by atoms with van der Waals surface area (Å²) in [4.78, 5) is 0. The smallest absolute Gasteiger partial charge is 0.0594 e. The summed E-state index contributed by atoms with van der Waals surface area (Å²) in [5.41, 5.74) is 5.41. The van der Waals surface area contributed by atoms with Crippen molar-refractivity contribution < 1.29 is 4.74 Å². The summed E-state index contributed by atoms with van der Waals surface area (Å²) in [5, 5.41) is 3.24. The molecular formula is C8H20N2O. The highest BCUT2D eigenvalue weighted by molar-refractivity contribution is 4.59. The summed E-state index contributed by atoms with van der Waals surface area (Å²) in [6.07, 6.45) is 0.324. The molecule has 0 saturated carbocycles. The van der Waals surface area contributed by atoms with Gasteiger partial charge in [-0.3, -0.25) is 0 Å². The third-order valence-corrected chi connectivity index (χ3v) is 1.40. The maximum Gasteiger partial charge on any atom is 0.0594 e. The highest BCUT2D eigenvalue weighted by atomic mass is 16.5. The van der Waals surface area contributed by atoms with E-state index in [0.29, 0.717) is 18.7 Å². The van der Waals surface area contributed by atoms with Crippen LogP contribution in [0.15, 0.2) is 0 Å². The Morgan fingerprint density at radius 3 is 2.45 bits per heavy atom. The van der Waals surface area contributed by atoms with E-state index in [1.807, 2.05) is 13.8 Å². The molecule has 1 atom stereocenters. The Kier molecular flexibility index (Phi) is 6.51. The van der Waals surface area contributed by atoms with Crippen LogP contribution >= 0.6 is 0 Å². The summed E-state index contributed by atoms with van der Waals surface area (Å²) in [6.45, 7) is 8.47. The van der Waals surface area contributed by atoms with Crippen LogP contribution in [-0.4, -0.2) is 31.8 Å². The van der Waals surface area contributed by atoms with Crippen LogP contribution in [0.3, 0.4) is 0 Å². The lowest BCUT2D eigenvalue weighted by molar-refractivity contribution is 0.0797. The number of rotatable bonds is 6. The highest BCUT2D eigenvalue weighted by Gasteiger charge is 1.96. The van der Waals surface area contributed by atoms with Gasteiger partial charge in [-0.05, 0) is 20.8 Å². The van der Waals surface area contributed by atoms with E-state index in [0.717, 1.165) is 13.2 Å². The maximum atomic E-state index is 5.41. The van der Waals surface area contributed by atoms with Gasteiger partial charge in [-0.2, -0.15) is 0 Å². The number of hydrogen-bond acceptors (Lipinski definition) is 3. The molecule has 0 heterocycles. The van der Waals surface area contributed by atoms with Gasteiger partial charge in [0, 0.05) is 19.1 Å². The van der Waals surface area contributed by atoms with Crippen LogP contribution in [-0.2, 0) is 4.74 Å². The predicted octanol–water partition coefficient (Wildman–Crippen LogP) is 0.348. The number of hydrogen-bond donors (Lipinski definition) is 2. The first kappa shape index (κ1) is 10.9. The molecule has 3 nitrogen and oxygen atoms in total. The van der Waals surface area contributed by atoms with Crippen LogP contribution in [0, 0.1) is 0 Å². The Morgan fingerprint density at radius 1 is 1.36 bits per heavy atom. The molecule has 11 heavy (non-hydrogen) atoms. The molecule has 0 fully saturated rings. The van der Waals surface area contributed by atoms with Crippen LogP contribution < -0.4 is 11.1 Å². The van der Waals surface area contributed by atoms with Crippen molar-refractivity contribution >= 4 is 0 Å². The van der Waals surface area contributed by atoms with Gasteiger partial charge in [0.2, 0.25) is 0 Å². The molecule has 0 amide bonds. The first-order chi connectivity index (χ1) is 5.16. The first-order valence-electron chi connectivity index (χ1n) is 4.22. The van der Waals surface area contributed by atoms with Crippen molar-refractivity contribution in [3.8, 4) is 0 Å². The van der Waals surface area contributed by atoms with Gasteiger partial charge >= 0.3 is 0 Å². The van der Waals surface area contributed by atoms with Gasteiger partial charge in [0.15, 0.2) is 0 Å². The van der Waals surface area contributed by atoms with E-state index in [1.54, 1.807) is 0 Å². The minimum Gasteiger partial charge on any atom is -0.377 e. The molecule has 0 unspecified atom stereocenters. The Balaban J connectivity index is 3.01. The summed E-state index contributed by atoms with van der Waals surface area (Å²) < 4.78 is 5.33. The lowest BCUT2D eigenvalue weighted by Gasteiger charge is -2.12. The van der Waals surface area contributed by atoms with E-state index in [-0.39, 0.29) is 0 Å². The second-order valence-electron chi connectivity index (χ2n) is 3.01. The van der Waals surface area contributed by atoms with Crippen molar-refractivity contribution in [1.29, 1.82) is 0 Å². The van der Waals surface area contributed by atoms with E-state index in [2.05, 4.69) is 12.2 Å². The number of nitrogens with two attached hydrogens (primary N) is 1. The van der Waals surface area contributed by atoms with E-state index >= 15 is 0 Å². The van der Waals surface area contributed by atoms with Crippen LogP contribution in [0.25, 0.3) is 0 Å². The molecule has 0 bridgehead atoms. The molecule has 0 rings (SSSR count). The fourth-order valence-corrected chi connectivity index (χ4v) is 0.683. The van der Waals surface area contributed by atoms with Gasteiger partial charge in [0.05, 0.1) is 12.7 Å². The van der Waals surface area contributed by atoms with Crippen LogP contribution in [0.4, 0.5) is 0 Å². The van der Waals surface area contributed by atoms with Gasteiger partial charge in [-0.15, -0.1) is 0 Å². The van der Waals surface area contributed by atoms with Crippen molar-refractivity contribution in [1.82, 2.24) is 5.32 Å². The van der Waals surface area contributed by atoms with E-state index in [9.17, 15) is 0 Å². The summed E-state index contributed by atoms with van der Waals surface area (Å²) in [7, 11) is 0. The molecule has 0 aromatic heterocycles. The van der Waals surface area contributed by atoms with Crippen molar-refractivity contribution in [2.75, 3.05) is 19.7 Å². The van der Waals surface area contributed by atoms with Crippen molar-refractivity contribution in [2.24, 2.45) is 5.73 Å². The molecule has 0 aliphatic heterocycles. The SMILES string of the molecule is CC(C)OCCN[C@H](C)CN. The second kappa shape index (κ2) is 6.58. The molecule has 0 radical (unpaired) electrons. The maximum absolute atomic E-state index is 5.41. The topological polar surface area (TPSA) is 47.3 Å². The van der Waals surface area contributed by atoms with Crippen LogP contribution in [0.1, 0.15) is 20.8 Å². The molecular weight excluding hydrogens is 140 g/mol.